The number of carbonyl (C=O) groups is 1. The van der Waals surface area contributed by atoms with Crippen LogP contribution >= 0.6 is 0 Å². The summed E-state index contributed by atoms with van der Waals surface area (Å²) in [7, 11) is -4.39. The van der Waals surface area contributed by atoms with Crippen molar-refractivity contribution in [1.82, 2.24) is 14.7 Å². The Hall–Kier alpha value is -3.66. The van der Waals surface area contributed by atoms with Gasteiger partial charge in [0, 0.05) is 26.7 Å². The standard InChI is InChI=1S/C27H32N4O5S.2H2/c1-17(2)16-36-21-11-9-20(10-12-21)23-14-13-22(25(29-23)31-18(3)7-8-19(31)4)26(32)30-37(34,35)24-6-5-15-28-27(24)33;;/h5-6,9-15,17-19H,7-8,16H2,1-4H3,(H,28,33)(H,30,32);2*1H/t18-,19+;;. The average Bonchev–Trinajstić information content (AvgIpc) is 3.20. The number of rotatable bonds is 8. The molecule has 200 valence electrons. The van der Waals surface area contributed by atoms with Crippen molar-refractivity contribution in [1.29, 1.82) is 0 Å². The molecule has 0 unspecified atom stereocenters. The quantitative estimate of drug-likeness (QED) is 0.443. The minimum atomic E-state index is -4.39. The monoisotopic (exact) mass is 528 g/mol. The number of hydrogen-bond acceptors (Lipinski definition) is 7. The third-order valence-corrected chi connectivity index (χ3v) is 7.70. The van der Waals surface area contributed by atoms with E-state index in [2.05, 4.69) is 37.6 Å². The molecule has 37 heavy (non-hydrogen) atoms. The van der Waals surface area contributed by atoms with Crippen molar-refractivity contribution in [3.8, 4) is 17.0 Å². The summed E-state index contributed by atoms with van der Waals surface area (Å²) in [5.41, 5.74) is 0.806. The zero-order valence-electron chi connectivity index (χ0n) is 21.4. The van der Waals surface area contributed by atoms with Gasteiger partial charge in [-0.1, -0.05) is 13.8 Å². The average molecular weight is 529 g/mol. The van der Waals surface area contributed by atoms with Gasteiger partial charge in [0.1, 0.15) is 11.6 Å². The summed E-state index contributed by atoms with van der Waals surface area (Å²) >= 11 is 0. The Kier molecular flexibility index (Phi) is 7.68. The fourth-order valence-electron chi connectivity index (χ4n) is 4.43. The maximum atomic E-state index is 13.3. The van der Waals surface area contributed by atoms with Crippen molar-refractivity contribution in [2.24, 2.45) is 5.92 Å². The molecular weight excluding hydrogens is 492 g/mol. The first-order chi connectivity index (χ1) is 17.6. The Bertz CT molecular complexity index is 1440. The highest BCUT2D eigenvalue weighted by Gasteiger charge is 2.33. The van der Waals surface area contributed by atoms with Gasteiger partial charge >= 0.3 is 0 Å². The highest BCUT2D eigenvalue weighted by Crippen LogP contribution is 2.33. The Morgan fingerprint density at radius 2 is 1.81 bits per heavy atom. The van der Waals surface area contributed by atoms with Crippen molar-refractivity contribution in [3.05, 3.63) is 70.6 Å². The minimum Gasteiger partial charge on any atom is -0.493 e. The lowest BCUT2D eigenvalue weighted by molar-refractivity contribution is 0.0981. The summed E-state index contributed by atoms with van der Waals surface area (Å²) in [6.45, 7) is 8.90. The van der Waals surface area contributed by atoms with E-state index < -0.39 is 26.4 Å². The number of nitrogens with zero attached hydrogens (tertiary/aromatic N) is 2. The van der Waals surface area contributed by atoms with E-state index in [1.807, 2.05) is 29.0 Å². The zero-order valence-corrected chi connectivity index (χ0v) is 22.2. The van der Waals surface area contributed by atoms with Crippen molar-refractivity contribution >= 4 is 21.7 Å². The van der Waals surface area contributed by atoms with Crippen molar-refractivity contribution in [3.63, 3.8) is 0 Å². The van der Waals surface area contributed by atoms with E-state index in [9.17, 15) is 18.0 Å². The number of anilines is 1. The van der Waals surface area contributed by atoms with Crippen LogP contribution in [0, 0.1) is 5.92 Å². The van der Waals surface area contributed by atoms with Gasteiger partial charge in [-0.3, -0.25) is 9.59 Å². The van der Waals surface area contributed by atoms with Gasteiger partial charge < -0.3 is 14.6 Å². The van der Waals surface area contributed by atoms with E-state index >= 15 is 0 Å². The number of H-pyrrole nitrogens is 1. The molecule has 1 aliphatic rings. The summed E-state index contributed by atoms with van der Waals surface area (Å²) in [4.78, 5) is 34.0. The van der Waals surface area contributed by atoms with Crippen LogP contribution in [0.3, 0.4) is 0 Å². The first kappa shape index (κ1) is 26.4. The number of hydrogen-bond donors (Lipinski definition) is 2. The van der Waals surface area contributed by atoms with Gasteiger partial charge in [-0.25, -0.2) is 18.1 Å². The molecule has 3 heterocycles. The van der Waals surface area contributed by atoms with Crippen LogP contribution in [0.15, 0.2) is 64.4 Å². The number of pyridine rings is 2. The molecule has 1 amide bonds. The van der Waals surface area contributed by atoms with Gasteiger partial charge in [0.15, 0.2) is 4.90 Å². The van der Waals surface area contributed by atoms with E-state index in [4.69, 9.17) is 9.72 Å². The molecule has 3 aromatic rings. The molecule has 0 saturated carbocycles. The van der Waals surface area contributed by atoms with Crippen molar-refractivity contribution < 1.29 is 20.8 Å². The second-order valence-corrected chi connectivity index (χ2v) is 11.4. The number of carbonyl (C=O) groups excluding carboxylic acids is 1. The molecule has 1 fully saturated rings. The number of amides is 1. The molecule has 1 saturated heterocycles. The maximum absolute atomic E-state index is 13.3. The van der Waals surface area contributed by atoms with Gasteiger partial charge in [-0.2, -0.15) is 0 Å². The number of aromatic amines is 1. The molecule has 2 atom stereocenters. The van der Waals surface area contributed by atoms with E-state index in [-0.39, 0.29) is 20.5 Å². The number of aromatic nitrogens is 2. The summed E-state index contributed by atoms with van der Waals surface area (Å²) in [6, 6.07) is 13.6. The summed E-state index contributed by atoms with van der Waals surface area (Å²) < 4.78 is 33.4. The normalized spacial score (nSPS) is 17.7. The number of benzene rings is 1. The molecule has 0 spiro atoms. The van der Waals surface area contributed by atoms with Crippen molar-refractivity contribution in [2.45, 2.75) is 57.5 Å². The first-order valence-corrected chi connectivity index (χ1v) is 13.8. The Balaban J connectivity index is 0.00000267. The van der Waals surface area contributed by atoms with Gasteiger partial charge in [0.25, 0.3) is 21.5 Å². The van der Waals surface area contributed by atoms with Crippen LogP contribution in [0.1, 0.15) is 53.7 Å². The molecule has 10 heteroatoms. The third-order valence-electron chi connectivity index (χ3n) is 6.35. The third kappa shape index (κ3) is 5.85. The topological polar surface area (TPSA) is 121 Å². The molecule has 4 rings (SSSR count). The molecular formula is C27H36N4O5S. The number of sulfonamides is 1. The van der Waals surface area contributed by atoms with Crippen LogP contribution in [0.4, 0.5) is 5.82 Å². The fraction of sp³-hybridized carbons (Fsp3) is 0.370. The lowest BCUT2D eigenvalue weighted by Crippen LogP contribution is -2.38. The van der Waals surface area contributed by atoms with Gasteiger partial charge in [-0.05, 0) is 81.1 Å². The van der Waals surface area contributed by atoms with Crippen LogP contribution in [0.2, 0.25) is 0 Å². The first-order valence-electron chi connectivity index (χ1n) is 12.3. The molecule has 1 aliphatic heterocycles. The van der Waals surface area contributed by atoms with Crippen molar-refractivity contribution in [2.75, 3.05) is 11.5 Å². The Morgan fingerprint density at radius 1 is 1.14 bits per heavy atom. The minimum absolute atomic E-state index is 0. The van der Waals surface area contributed by atoms with Crippen LogP contribution in [0.5, 0.6) is 5.75 Å². The number of nitrogens with one attached hydrogen (secondary N) is 2. The van der Waals surface area contributed by atoms with Gasteiger partial charge in [0.05, 0.1) is 17.9 Å². The number of ether oxygens (including phenoxy) is 1. The van der Waals surface area contributed by atoms with Crippen LogP contribution in [0.25, 0.3) is 11.3 Å². The summed E-state index contributed by atoms with van der Waals surface area (Å²) in [5, 5.41) is 0. The van der Waals surface area contributed by atoms with E-state index in [0.717, 1.165) is 30.2 Å². The molecule has 9 nitrogen and oxygen atoms in total. The van der Waals surface area contributed by atoms with Gasteiger partial charge in [-0.15, -0.1) is 0 Å². The highest BCUT2D eigenvalue weighted by atomic mass is 32.2. The zero-order chi connectivity index (χ0) is 26.7. The maximum Gasteiger partial charge on any atom is 0.269 e. The molecule has 1 aromatic carbocycles. The van der Waals surface area contributed by atoms with Crippen LogP contribution in [-0.2, 0) is 10.0 Å². The molecule has 0 aliphatic carbocycles. The summed E-state index contributed by atoms with van der Waals surface area (Å²) in [6.07, 6.45) is 3.17. The predicted octanol–water partition coefficient (Wildman–Crippen LogP) is 4.46. The predicted molar refractivity (Wildman–Crippen MR) is 147 cm³/mol. The lowest BCUT2D eigenvalue weighted by atomic mass is 10.1. The van der Waals surface area contributed by atoms with E-state index in [1.54, 1.807) is 12.1 Å². The van der Waals surface area contributed by atoms with E-state index in [0.29, 0.717) is 24.0 Å². The largest absolute Gasteiger partial charge is 0.493 e. The lowest BCUT2D eigenvalue weighted by Gasteiger charge is -2.29. The highest BCUT2D eigenvalue weighted by molar-refractivity contribution is 7.90. The van der Waals surface area contributed by atoms with Crippen LogP contribution in [-0.4, -0.2) is 43.0 Å². The SMILES string of the molecule is CC(C)COc1ccc(-c2ccc(C(=O)NS(=O)(=O)c3ccc[nH]c3=O)c(N3[C@H](C)CC[C@@H]3C)n2)cc1.[HH].[HH]. The molecule has 2 N–H and O–H groups in total. The fourth-order valence-corrected chi connectivity index (χ4v) is 5.45. The molecule has 0 radical (unpaired) electrons. The second-order valence-electron chi connectivity index (χ2n) is 9.78. The van der Waals surface area contributed by atoms with Gasteiger partial charge in [0.2, 0.25) is 0 Å². The Labute approximate surface area is 219 Å². The molecule has 2 aromatic heterocycles. The Morgan fingerprint density at radius 3 is 2.43 bits per heavy atom. The molecule has 0 bridgehead atoms. The smallest absolute Gasteiger partial charge is 0.269 e. The van der Waals surface area contributed by atoms with Crippen LogP contribution < -0.4 is 19.9 Å². The second kappa shape index (κ2) is 10.8. The van der Waals surface area contributed by atoms with E-state index in [1.165, 1.54) is 12.3 Å². The summed E-state index contributed by atoms with van der Waals surface area (Å²) in [5.74, 6) is 0.735.